The lowest BCUT2D eigenvalue weighted by Crippen LogP contribution is -2.47. The van der Waals surface area contributed by atoms with E-state index in [1.165, 1.54) is 25.5 Å². The van der Waals surface area contributed by atoms with Crippen LogP contribution in [0.15, 0.2) is 53.3 Å². The Morgan fingerprint density at radius 1 is 1.08 bits per heavy atom. The normalized spacial score (nSPS) is 11.4. The number of amides is 3. The lowest BCUT2D eigenvalue weighted by Gasteiger charge is -2.13. The molecule has 0 aliphatic rings. The van der Waals surface area contributed by atoms with Crippen LogP contribution in [0.4, 0.5) is 0 Å². The molecule has 0 saturated heterocycles. The molecule has 24 heavy (non-hydrogen) atoms. The summed E-state index contributed by atoms with van der Waals surface area (Å²) >= 11 is 0. The highest BCUT2D eigenvalue weighted by Crippen LogP contribution is 2.00. The van der Waals surface area contributed by atoms with Gasteiger partial charge in [0.05, 0.1) is 18.4 Å². The molecule has 1 atom stereocenters. The summed E-state index contributed by atoms with van der Waals surface area (Å²) < 4.78 is 4.81. The third kappa shape index (κ3) is 5.28. The third-order valence-electron chi connectivity index (χ3n) is 3.28. The van der Waals surface area contributed by atoms with Gasteiger partial charge in [-0.2, -0.15) is 0 Å². The molecule has 1 aromatic carbocycles. The molecular weight excluding hydrogens is 310 g/mol. The first-order chi connectivity index (χ1) is 11.6. The van der Waals surface area contributed by atoms with Gasteiger partial charge in [-0.15, -0.1) is 0 Å². The molecule has 126 valence electrons. The van der Waals surface area contributed by atoms with E-state index in [-0.39, 0.29) is 12.5 Å². The zero-order chi connectivity index (χ0) is 17.4. The summed E-state index contributed by atoms with van der Waals surface area (Å²) in [5.41, 5.74) is 1.30. The average molecular weight is 329 g/mol. The Morgan fingerprint density at radius 3 is 2.50 bits per heavy atom. The average Bonchev–Trinajstić information content (AvgIpc) is 3.13. The van der Waals surface area contributed by atoms with E-state index in [2.05, 4.69) is 16.0 Å². The van der Waals surface area contributed by atoms with Crippen LogP contribution >= 0.6 is 0 Å². The first kappa shape index (κ1) is 17.3. The van der Waals surface area contributed by atoms with Crippen LogP contribution in [0.2, 0.25) is 0 Å². The quantitative estimate of drug-likeness (QED) is 0.700. The smallest absolute Gasteiger partial charge is 0.255 e. The van der Waals surface area contributed by atoms with Crippen molar-refractivity contribution in [2.24, 2.45) is 0 Å². The fraction of sp³-hybridized carbons (Fsp3) is 0.235. The summed E-state index contributed by atoms with van der Waals surface area (Å²) in [6.45, 7) is 1.77. The number of rotatable bonds is 7. The highest BCUT2D eigenvalue weighted by atomic mass is 16.3. The Bertz CT molecular complexity index is 683. The predicted octanol–water partition coefficient (Wildman–Crippen LogP) is 0.830. The Labute approximate surface area is 139 Å². The van der Waals surface area contributed by atoms with Gasteiger partial charge in [-0.1, -0.05) is 30.3 Å². The van der Waals surface area contributed by atoms with Crippen molar-refractivity contribution in [2.75, 3.05) is 6.54 Å². The molecule has 0 radical (unpaired) electrons. The van der Waals surface area contributed by atoms with Crippen molar-refractivity contribution in [2.45, 2.75) is 19.5 Å². The van der Waals surface area contributed by atoms with E-state index in [1.54, 1.807) is 0 Å². The third-order valence-corrected chi connectivity index (χ3v) is 3.28. The summed E-state index contributed by atoms with van der Waals surface area (Å²) in [6.07, 6.45) is 2.66. The first-order valence-corrected chi connectivity index (χ1v) is 7.47. The second-order valence-corrected chi connectivity index (χ2v) is 5.19. The molecule has 7 nitrogen and oxygen atoms in total. The van der Waals surface area contributed by atoms with E-state index >= 15 is 0 Å². The number of benzene rings is 1. The van der Waals surface area contributed by atoms with Crippen LogP contribution < -0.4 is 16.0 Å². The molecule has 0 aliphatic carbocycles. The molecular formula is C17H19N3O4. The summed E-state index contributed by atoms with van der Waals surface area (Å²) in [6, 6.07) is 10.2. The van der Waals surface area contributed by atoms with E-state index in [0.717, 1.165) is 5.56 Å². The number of carbonyl (C=O) groups is 3. The summed E-state index contributed by atoms with van der Waals surface area (Å²) in [7, 11) is 0. The molecule has 0 fully saturated rings. The van der Waals surface area contributed by atoms with Gasteiger partial charge >= 0.3 is 0 Å². The van der Waals surface area contributed by atoms with Crippen LogP contribution in [0, 0.1) is 0 Å². The maximum absolute atomic E-state index is 11.9. The van der Waals surface area contributed by atoms with Crippen molar-refractivity contribution in [3.05, 3.63) is 60.1 Å². The molecule has 2 rings (SSSR count). The van der Waals surface area contributed by atoms with Crippen molar-refractivity contribution in [3.8, 4) is 0 Å². The minimum atomic E-state index is -0.769. The fourth-order valence-corrected chi connectivity index (χ4v) is 1.92. The van der Waals surface area contributed by atoms with Crippen molar-refractivity contribution in [1.82, 2.24) is 16.0 Å². The lowest BCUT2D eigenvalue weighted by molar-refractivity contribution is -0.127. The van der Waals surface area contributed by atoms with Crippen LogP contribution in [-0.2, 0) is 16.1 Å². The van der Waals surface area contributed by atoms with Gasteiger partial charge in [-0.25, -0.2) is 0 Å². The van der Waals surface area contributed by atoms with Crippen molar-refractivity contribution in [3.63, 3.8) is 0 Å². The summed E-state index contributed by atoms with van der Waals surface area (Å²) in [5.74, 6) is -1.16. The highest BCUT2D eigenvalue weighted by molar-refractivity contribution is 5.97. The topological polar surface area (TPSA) is 100 Å². The molecule has 3 N–H and O–H groups in total. The number of hydrogen-bond donors (Lipinski definition) is 3. The Morgan fingerprint density at radius 2 is 1.83 bits per heavy atom. The maximum atomic E-state index is 11.9. The minimum Gasteiger partial charge on any atom is -0.472 e. The molecule has 1 aromatic heterocycles. The van der Waals surface area contributed by atoms with Crippen molar-refractivity contribution < 1.29 is 18.8 Å². The van der Waals surface area contributed by atoms with Crippen LogP contribution in [0.5, 0.6) is 0 Å². The Kier molecular flexibility index (Phi) is 6.13. The molecule has 0 unspecified atom stereocenters. The zero-order valence-electron chi connectivity index (χ0n) is 13.2. The van der Waals surface area contributed by atoms with Crippen LogP contribution in [0.25, 0.3) is 0 Å². The molecule has 0 saturated carbocycles. The Balaban J connectivity index is 1.69. The largest absolute Gasteiger partial charge is 0.472 e. The van der Waals surface area contributed by atoms with Crippen LogP contribution in [-0.4, -0.2) is 30.3 Å². The van der Waals surface area contributed by atoms with Crippen LogP contribution in [0.1, 0.15) is 22.8 Å². The van der Waals surface area contributed by atoms with Gasteiger partial charge in [0.2, 0.25) is 11.8 Å². The molecule has 0 spiro atoms. The standard InChI is InChI=1S/C17H19N3O4/c1-12(20-17(23)14-7-8-24-11-14)16(22)19-10-15(21)18-9-13-5-3-2-4-6-13/h2-8,11-12H,9-10H2,1H3,(H,18,21)(H,19,22)(H,20,23)/t12-/m0/s1. The number of hydrogen-bond acceptors (Lipinski definition) is 4. The molecule has 0 bridgehead atoms. The molecule has 0 aliphatic heterocycles. The monoisotopic (exact) mass is 329 g/mol. The number of nitrogens with one attached hydrogen (secondary N) is 3. The predicted molar refractivity (Wildman–Crippen MR) is 86.9 cm³/mol. The fourth-order valence-electron chi connectivity index (χ4n) is 1.92. The number of carbonyl (C=O) groups excluding carboxylic acids is 3. The first-order valence-electron chi connectivity index (χ1n) is 7.47. The minimum absolute atomic E-state index is 0.155. The summed E-state index contributed by atoms with van der Waals surface area (Å²) in [4.78, 5) is 35.4. The number of furan rings is 1. The van der Waals surface area contributed by atoms with Gasteiger partial charge in [-0.05, 0) is 18.6 Å². The van der Waals surface area contributed by atoms with Gasteiger partial charge in [0.15, 0.2) is 0 Å². The molecule has 1 heterocycles. The second-order valence-electron chi connectivity index (χ2n) is 5.19. The SMILES string of the molecule is C[C@H](NC(=O)c1ccoc1)C(=O)NCC(=O)NCc1ccccc1. The van der Waals surface area contributed by atoms with Crippen LogP contribution in [0.3, 0.4) is 0 Å². The van der Waals surface area contributed by atoms with Gasteiger partial charge in [0.25, 0.3) is 5.91 Å². The van der Waals surface area contributed by atoms with Gasteiger partial charge in [-0.3, -0.25) is 14.4 Å². The lowest BCUT2D eigenvalue weighted by atomic mass is 10.2. The highest BCUT2D eigenvalue weighted by Gasteiger charge is 2.17. The van der Waals surface area contributed by atoms with Gasteiger partial charge < -0.3 is 20.4 Å². The van der Waals surface area contributed by atoms with E-state index < -0.39 is 17.9 Å². The summed E-state index contributed by atoms with van der Waals surface area (Å²) in [5, 5.41) is 7.70. The molecule has 3 amide bonds. The van der Waals surface area contributed by atoms with E-state index in [9.17, 15) is 14.4 Å². The van der Waals surface area contributed by atoms with E-state index in [1.807, 2.05) is 30.3 Å². The van der Waals surface area contributed by atoms with E-state index in [0.29, 0.717) is 12.1 Å². The van der Waals surface area contributed by atoms with Gasteiger partial charge in [0, 0.05) is 6.54 Å². The zero-order valence-corrected chi connectivity index (χ0v) is 13.2. The van der Waals surface area contributed by atoms with Gasteiger partial charge in [0.1, 0.15) is 12.3 Å². The Hall–Kier alpha value is -3.09. The second kappa shape index (κ2) is 8.52. The van der Waals surface area contributed by atoms with Crippen molar-refractivity contribution in [1.29, 1.82) is 0 Å². The van der Waals surface area contributed by atoms with E-state index in [4.69, 9.17) is 4.42 Å². The molecule has 7 heteroatoms. The molecule has 2 aromatic rings. The van der Waals surface area contributed by atoms with Crippen molar-refractivity contribution >= 4 is 17.7 Å². The maximum Gasteiger partial charge on any atom is 0.255 e.